The Bertz CT molecular complexity index is 979. The monoisotopic (exact) mass is 387 g/mol. The average molecular weight is 388 g/mol. The van der Waals surface area contributed by atoms with Crippen LogP contribution in [0, 0.1) is 0 Å². The number of nitrogens with zero attached hydrogens (tertiary/aromatic N) is 3. The summed E-state index contributed by atoms with van der Waals surface area (Å²) in [6, 6.07) is 5.64. The summed E-state index contributed by atoms with van der Waals surface area (Å²) < 4.78 is 1.03. The molecule has 0 saturated heterocycles. The molecule has 0 spiro atoms. The van der Waals surface area contributed by atoms with Crippen LogP contribution in [0.15, 0.2) is 40.5 Å². The van der Waals surface area contributed by atoms with E-state index < -0.39 is 0 Å². The van der Waals surface area contributed by atoms with Crippen molar-refractivity contribution in [2.45, 2.75) is 0 Å². The Hall–Kier alpha value is -2.36. The largest absolute Gasteiger partial charge is 0.352 e. The number of thiophene rings is 2. The van der Waals surface area contributed by atoms with Crippen LogP contribution >= 0.6 is 34.0 Å². The van der Waals surface area contributed by atoms with Crippen molar-refractivity contribution in [1.29, 1.82) is 0 Å². The van der Waals surface area contributed by atoms with Crippen molar-refractivity contribution in [2.75, 3.05) is 18.4 Å². The first kappa shape index (κ1) is 16.1. The summed E-state index contributed by atoms with van der Waals surface area (Å²) in [5, 5.41) is 12.8. The van der Waals surface area contributed by atoms with Crippen LogP contribution < -0.4 is 10.6 Å². The van der Waals surface area contributed by atoms with E-state index in [2.05, 4.69) is 25.6 Å². The second kappa shape index (κ2) is 7.26. The van der Waals surface area contributed by atoms with Crippen molar-refractivity contribution in [3.8, 4) is 10.7 Å². The van der Waals surface area contributed by atoms with Crippen molar-refractivity contribution in [3.05, 3.63) is 45.4 Å². The Morgan fingerprint density at radius 1 is 1.04 bits per heavy atom. The Kier molecular flexibility index (Phi) is 4.68. The highest BCUT2D eigenvalue weighted by Gasteiger charge is 2.13. The molecule has 4 rings (SSSR count). The molecule has 6 nitrogen and oxygen atoms in total. The second-order valence-electron chi connectivity index (χ2n) is 5.03. The van der Waals surface area contributed by atoms with Gasteiger partial charge in [0.25, 0.3) is 5.91 Å². The van der Waals surface area contributed by atoms with Crippen LogP contribution in [-0.2, 0) is 0 Å². The number of anilines is 1. The van der Waals surface area contributed by atoms with Crippen molar-refractivity contribution in [3.63, 3.8) is 0 Å². The van der Waals surface area contributed by atoms with Gasteiger partial charge in [-0.3, -0.25) is 4.79 Å². The van der Waals surface area contributed by atoms with Gasteiger partial charge in [0.1, 0.15) is 10.7 Å². The summed E-state index contributed by atoms with van der Waals surface area (Å²) in [5.74, 6) is 0.482. The van der Waals surface area contributed by atoms with E-state index in [9.17, 15) is 4.79 Å². The SMILES string of the molecule is O=C(NCCNc1nc(-c2nccs2)c2sccc2n1)c1cccs1. The van der Waals surface area contributed by atoms with Gasteiger partial charge < -0.3 is 10.6 Å². The van der Waals surface area contributed by atoms with Crippen LogP contribution in [-0.4, -0.2) is 33.9 Å². The van der Waals surface area contributed by atoms with E-state index in [4.69, 9.17) is 0 Å². The second-order valence-corrected chi connectivity index (χ2v) is 7.79. The fourth-order valence-electron chi connectivity index (χ4n) is 2.27. The number of aromatic nitrogens is 3. The third kappa shape index (κ3) is 3.53. The lowest BCUT2D eigenvalue weighted by Crippen LogP contribution is -2.28. The van der Waals surface area contributed by atoms with Crippen molar-refractivity contribution in [1.82, 2.24) is 20.3 Å². The van der Waals surface area contributed by atoms with Gasteiger partial charge in [0, 0.05) is 24.7 Å². The molecule has 0 aromatic carbocycles. The molecule has 0 saturated carbocycles. The maximum Gasteiger partial charge on any atom is 0.261 e. The summed E-state index contributed by atoms with van der Waals surface area (Å²) in [6.07, 6.45) is 1.77. The van der Waals surface area contributed by atoms with Crippen molar-refractivity contribution in [2.24, 2.45) is 0 Å². The summed E-state index contributed by atoms with van der Waals surface area (Å²) in [6.45, 7) is 1.04. The highest BCUT2D eigenvalue weighted by atomic mass is 32.1. The number of carbonyl (C=O) groups is 1. The normalized spacial score (nSPS) is 10.9. The first-order valence-corrected chi connectivity index (χ1v) is 10.2. The minimum Gasteiger partial charge on any atom is -0.352 e. The van der Waals surface area contributed by atoms with Gasteiger partial charge >= 0.3 is 0 Å². The van der Waals surface area contributed by atoms with Crippen LogP contribution in [0.1, 0.15) is 9.67 Å². The number of rotatable bonds is 6. The maximum absolute atomic E-state index is 11.9. The summed E-state index contributed by atoms with van der Waals surface area (Å²) >= 11 is 4.59. The smallest absolute Gasteiger partial charge is 0.261 e. The number of carbonyl (C=O) groups excluding carboxylic acids is 1. The number of nitrogens with one attached hydrogen (secondary N) is 2. The van der Waals surface area contributed by atoms with E-state index in [0.717, 1.165) is 20.9 Å². The van der Waals surface area contributed by atoms with Crippen molar-refractivity contribution < 1.29 is 4.79 Å². The van der Waals surface area contributed by atoms with Crippen LogP contribution in [0.5, 0.6) is 0 Å². The highest BCUT2D eigenvalue weighted by Crippen LogP contribution is 2.32. The number of fused-ring (bicyclic) bond motifs is 1. The molecule has 0 aliphatic rings. The molecule has 4 aromatic heterocycles. The third-order valence-electron chi connectivity index (χ3n) is 3.38. The molecule has 126 valence electrons. The van der Waals surface area contributed by atoms with E-state index in [1.54, 1.807) is 34.9 Å². The zero-order chi connectivity index (χ0) is 17.1. The molecule has 4 aromatic rings. The van der Waals surface area contributed by atoms with E-state index >= 15 is 0 Å². The predicted molar refractivity (Wildman–Crippen MR) is 104 cm³/mol. The van der Waals surface area contributed by atoms with Gasteiger partial charge in [-0.2, -0.15) is 0 Å². The quantitative estimate of drug-likeness (QED) is 0.493. The first-order valence-electron chi connectivity index (χ1n) is 7.52. The first-order chi connectivity index (χ1) is 12.3. The molecule has 0 aliphatic carbocycles. The van der Waals surface area contributed by atoms with Gasteiger partial charge in [-0.25, -0.2) is 15.0 Å². The fourth-order valence-corrected chi connectivity index (χ4v) is 4.43. The molecule has 25 heavy (non-hydrogen) atoms. The summed E-state index contributed by atoms with van der Waals surface area (Å²) in [5.41, 5.74) is 1.75. The Labute approximate surface area is 155 Å². The molecular weight excluding hydrogens is 374 g/mol. The zero-order valence-corrected chi connectivity index (χ0v) is 15.4. The van der Waals surface area contributed by atoms with Gasteiger partial charge in [-0.05, 0) is 22.9 Å². The molecule has 0 atom stereocenters. The highest BCUT2D eigenvalue weighted by molar-refractivity contribution is 7.18. The lowest BCUT2D eigenvalue weighted by Gasteiger charge is -2.08. The topological polar surface area (TPSA) is 79.8 Å². The third-order valence-corrected chi connectivity index (χ3v) is 5.94. The van der Waals surface area contributed by atoms with Crippen LogP contribution in [0.4, 0.5) is 5.95 Å². The molecule has 0 radical (unpaired) electrons. The van der Waals surface area contributed by atoms with Crippen LogP contribution in [0.25, 0.3) is 20.9 Å². The van der Waals surface area contributed by atoms with E-state index in [1.807, 2.05) is 28.3 Å². The molecule has 2 N–H and O–H groups in total. The predicted octanol–water partition coefficient (Wildman–Crippen LogP) is 3.72. The lowest BCUT2D eigenvalue weighted by atomic mass is 10.3. The van der Waals surface area contributed by atoms with Gasteiger partial charge in [-0.15, -0.1) is 34.0 Å². The van der Waals surface area contributed by atoms with E-state index in [1.165, 1.54) is 11.3 Å². The fraction of sp³-hybridized carbons (Fsp3) is 0.125. The standard InChI is InChI=1S/C16H13N5OS3/c22-14(11-2-1-7-23-11)17-4-5-19-16-20-10-3-8-24-13(10)12(21-16)15-18-6-9-25-15/h1-3,6-9H,4-5H2,(H,17,22)(H,19,20,21). The zero-order valence-electron chi connectivity index (χ0n) is 12.9. The number of thiazole rings is 1. The molecule has 0 fully saturated rings. The molecule has 0 aliphatic heterocycles. The molecule has 9 heteroatoms. The molecule has 0 bridgehead atoms. The Balaban J connectivity index is 1.44. The Morgan fingerprint density at radius 2 is 2.00 bits per heavy atom. The maximum atomic E-state index is 11.9. The summed E-state index contributed by atoms with van der Waals surface area (Å²) in [4.78, 5) is 26.1. The van der Waals surface area contributed by atoms with Crippen molar-refractivity contribution >= 4 is 56.1 Å². The molecule has 1 amide bonds. The minimum absolute atomic E-state index is 0.0607. The van der Waals surface area contributed by atoms with Gasteiger partial charge in [0.05, 0.1) is 15.1 Å². The lowest BCUT2D eigenvalue weighted by molar-refractivity contribution is 0.0959. The van der Waals surface area contributed by atoms with E-state index in [0.29, 0.717) is 23.9 Å². The summed E-state index contributed by atoms with van der Waals surface area (Å²) in [7, 11) is 0. The molecule has 0 unspecified atom stereocenters. The van der Waals surface area contributed by atoms with E-state index in [-0.39, 0.29) is 5.91 Å². The van der Waals surface area contributed by atoms with Gasteiger partial charge in [0.2, 0.25) is 5.95 Å². The molecular formula is C16H13N5OS3. The number of hydrogen-bond donors (Lipinski definition) is 2. The van der Waals surface area contributed by atoms with Crippen LogP contribution in [0.2, 0.25) is 0 Å². The molecule has 4 heterocycles. The Morgan fingerprint density at radius 3 is 2.80 bits per heavy atom. The minimum atomic E-state index is -0.0607. The number of hydrogen-bond acceptors (Lipinski definition) is 8. The van der Waals surface area contributed by atoms with Gasteiger partial charge in [0.15, 0.2) is 0 Å². The number of amides is 1. The van der Waals surface area contributed by atoms with Gasteiger partial charge in [-0.1, -0.05) is 6.07 Å². The average Bonchev–Trinajstić information content (AvgIpc) is 3.39. The van der Waals surface area contributed by atoms with Crippen LogP contribution in [0.3, 0.4) is 0 Å².